The van der Waals surface area contributed by atoms with Crippen molar-refractivity contribution >= 4 is 12.3 Å². The van der Waals surface area contributed by atoms with Gasteiger partial charge in [0.05, 0.1) is 0 Å². The summed E-state index contributed by atoms with van der Waals surface area (Å²) in [7, 11) is 0. The van der Waals surface area contributed by atoms with E-state index in [1.807, 2.05) is 30.3 Å². The Morgan fingerprint density at radius 2 is 1.89 bits per heavy atom. The van der Waals surface area contributed by atoms with E-state index in [0.717, 1.165) is 18.4 Å². The molecule has 1 aromatic rings. The average molecular weight is 261 g/mol. The van der Waals surface area contributed by atoms with Gasteiger partial charge < -0.3 is 4.74 Å². The highest BCUT2D eigenvalue weighted by atomic mass is 16.5. The van der Waals surface area contributed by atoms with Crippen LogP contribution in [-0.2, 0) is 11.3 Å². The van der Waals surface area contributed by atoms with E-state index in [9.17, 15) is 4.79 Å². The number of carbonyl (C=O) groups is 1. The Morgan fingerprint density at radius 1 is 1.16 bits per heavy atom. The summed E-state index contributed by atoms with van der Waals surface area (Å²) in [6.45, 7) is 2.48. The summed E-state index contributed by atoms with van der Waals surface area (Å²) >= 11 is 0. The van der Waals surface area contributed by atoms with Crippen molar-refractivity contribution in [1.82, 2.24) is 0 Å². The fourth-order valence-electron chi connectivity index (χ4n) is 1.73. The van der Waals surface area contributed by atoms with E-state index in [1.54, 1.807) is 6.21 Å². The lowest BCUT2D eigenvalue weighted by Gasteiger charge is -2.00. The molecule has 3 heteroatoms. The molecule has 0 N–H and O–H groups in total. The number of rotatable bonds is 8. The van der Waals surface area contributed by atoms with Crippen molar-refractivity contribution in [1.29, 1.82) is 0 Å². The largest absolute Gasteiger partial charge is 0.443 e. The Bertz CT molecular complexity index is 374. The molecular weight excluding hydrogens is 238 g/mol. The van der Waals surface area contributed by atoms with Gasteiger partial charge in [-0.25, -0.2) is 4.79 Å². The summed E-state index contributed by atoms with van der Waals surface area (Å²) in [4.78, 5) is 15.1. The van der Waals surface area contributed by atoms with Crippen LogP contribution >= 0.6 is 0 Å². The van der Waals surface area contributed by atoms with Gasteiger partial charge in [-0.15, -0.1) is 0 Å². The van der Waals surface area contributed by atoms with Crippen molar-refractivity contribution in [2.75, 3.05) is 0 Å². The number of aliphatic imine (C=N–C) groups is 1. The van der Waals surface area contributed by atoms with Crippen LogP contribution < -0.4 is 0 Å². The third kappa shape index (κ3) is 8.14. The summed E-state index contributed by atoms with van der Waals surface area (Å²) in [6, 6.07) is 9.61. The molecule has 0 aliphatic carbocycles. The number of benzene rings is 1. The molecule has 0 saturated carbocycles. The monoisotopic (exact) mass is 261 g/mol. The van der Waals surface area contributed by atoms with E-state index in [2.05, 4.69) is 11.9 Å². The topological polar surface area (TPSA) is 38.7 Å². The van der Waals surface area contributed by atoms with Crippen LogP contribution in [0.5, 0.6) is 0 Å². The molecule has 0 atom stereocenters. The first-order chi connectivity index (χ1) is 9.33. The third-order valence-corrected chi connectivity index (χ3v) is 2.84. The number of carbonyl (C=O) groups excluding carboxylic acids is 1. The van der Waals surface area contributed by atoms with Gasteiger partial charge in [0.1, 0.15) is 6.61 Å². The number of ether oxygens (including phenoxy) is 1. The summed E-state index contributed by atoms with van der Waals surface area (Å²) in [5.74, 6) is 0. The van der Waals surface area contributed by atoms with Crippen LogP contribution in [0.4, 0.5) is 4.79 Å². The molecule has 104 valence electrons. The standard InChI is InChI=1S/C16H23NO2/c1-2-3-4-5-6-10-13-17-16(18)19-14-15-11-8-7-9-12-15/h7-9,11-13H,2-6,10,14H2,1H3. The molecule has 0 radical (unpaired) electrons. The Hall–Kier alpha value is -1.64. The van der Waals surface area contributed by atoms with E-state index in [1.165, 1.54) is 25.7 Å². The molecule has 0 spiro atoms. The first kappa shape index (κ1) is 15.4. The van der Waals surface area contributed by atoms with E-state index >= 15 is 0 Å². The number of nitrogens with zero attached hydrogens (tertiary/aromatic N) is 1. The Labute approximate surface area is 115 Å². The molecule has 1 aromatic carbocycles. The first-order valence-electron chi connectivity index (χ1n) is 7.06. The predicted octanol–water partition coefficient (Wildman–Crippen LogP) is 4.75. The maximum atomic E-state index is 11.3. The molecular formula is C16H23NO2. The lowest BCUT2D eigenvalue weighted by atomic mass is 10.1. The molecule has 0 aliphatic heterocycles. The van der Waals surface area contributed by atoms with Crippen molar-refractivity contribution in [2.24, 2.45) is 4.99 Å². The fourth-order valence-corrected chi connectivity index (χ4v) is 1.73. The van der Waals surface area contributed by atoms with Gasteiger partial charge in [-0.2, -0.15) is 4.99 Å². The summed E-state index contributed by atoms with van der Waals surface area (Å²) < 4.78 is 5.04. The predicted molar refractivity (Wildman–Crippen MR) is 78.5 cm³/mol. The van der Waals surface area contributed by atoms with Gasteiger partial charge in [-0.3, -0.25) is 0 Å². The number of hydrogen-bond acceptors (Lipinski definition) is 2. The van der Waals surface area contributed by atoms with Gasteiger partial charge in [0.25, 0.3) is 0 Å². The van der Waals surface area contributed by atoms with Gasteiger partial charge in [0.2, 0.25) is 0 Å². The van der Waals surface area contributed by atoms with Gasteiger partial charge in [0.15, 0.2) is 0 Å². The smallest absolute Gasteiger partial charge is 0.433 e. The highest BCUT2D eigenvalue weighted by Gasteiger charge is 1.98. The minimum Gasteiger partial charge on any atom is -0.443 e. The van der Waals surface area contributed by atoms with Crippen molar-refractivity contribution in [3.63, 3.8) is 0 Å². The lowest BCUT2D eigenvalue weighted by molar-refractivity contribution is 0.151. The lowest BCUT2D eigenvalue weighted by Crippen LogP contribution is -1.99. The van der Waals surface area contributed by atoms with Crippen molar-refractivity contribution in [2.45, 2.75) is 52.1 Å². The van der Waals surface area contributed by atoms with Crippen LogP contribution in [0, 0.1) is 0 Å². The Morgan fingerprint density at radius 3 is 2.63 bits per heavy atom. The van der Waals surface area contributed by atoms with E-state index in [-0.39, 0.29) is 6.61 Å². The van der Waals surface area contributed by atoms with Crippen molar-refractivity contribution in [3.8, 4) is 0 Å². The number of amides is 1. The molecule has 3 nitrogen and oxygen atoms in total. The van der Waals surface area contributed by atoms with Gasteiger partial charge in [0, 0.05) is 6.21 Å². The fraction of sp³-hybridized carbons (Fsp3) is 0.500. The minimum absolute atomic E-state index is 0.285. The zero-order valence-electron chi connectivity index (χ0n) is 11.7. The van der Waals surface area contributed by atoms with Gasteiger partial charge >= 0.3 is 6.09 Å². The molecule has 0 aliphatic rings. The van der Waals surface area contributed by atoms with E-state index in [0.29, 0.717) is 0 Å². The summed E-state index contributed by atoms with van der Waals surface area (Å²) in [6.07, 6.45) is 8.12. The Kier molecular flexibility index (Phi) is 8.36. The molecule has 1 amide bonds. The second-order valence-electron chi connectivity index (χ2n) is 4.55. The van der Waals surface area contributed by atoms with Crippen LogP contribution in [-0.4, -0.2) is 12.3 Å². The Balaban J connectivity index is 2.07. The third-order valence-electron chi connectivity index (χ3n) is 2.84. The normalized spacial score (nSPS) is 10.8. The van der Waals surface area contributed by atoms with E-state index in [4.69, 9.17) is 4.74 Å². The van der Waals surface area contributed by atoms with Crippen LogP contribution in [0.2, 0.25) is 0 Å². The second-order valence-corrected chi connectivity index (χ2v) is 4.55. The second kappa shape index (κ2) is 10.3. The molecule has 0 aromatic heterocycles. The quantitative estimate of drug-likeness (QED) is 0.500. The first-order valence-corrected chi connectivity index (χ1v) is 7.06. The summed E-state index contributed by atoms with van der Waals surface area (Å²) in [5, 5.41) is 0. The van der Waals surface area contributed by atoms with Crippen LogP contribution in [0.1, 0.15) is 51.0 Å². The molecule has 0 saturated heterocycles. The van der Waals surface area contributed by atoms with E-state index < -0.39 is 6.09 Å². The SMILES string of the molecule is CCCCCCCC=NC(=O)OCc1ccccc1. The molecule has 0 heterocycles. The van der Waals surface area contributed by atoms with Crippen LogP contribution in [0.3, 0.4) is 0 Å². The highest BCUT2D eigenvalue weighted by Crippen LogP contribution is 2.04. The van der Waals surface area contributed by atoms with Crippen LogP contribution in [0.25, 0.3) is 0 Å². The van der Waals surface area contributed by atoms with Gasteiger partial charge in [-0.1, -0.05) is 62.9 Å². The molecule has 0 fully saturated rings. The van der Waals surface area contributed by atoms with Crippen LogP contribution in [0.15, 0.2) is 35.3 Å². The zero-order chi connectivity index (χ0) is 13.8. The molecule has 19 heavy (non-hydrogen) atoms. The average Bonchev–Trinajstić information content (AvgIpc) is 2.45. The highest BCUT2D eigenvalue weighted by molar-refractivity contribution is 5.79. The minimum atomic E-state index is -0.502. The number of unbranched alkanes of at least 4 members (excludes halogenated alkanes) is 5. The summed E-state index contributed by atoms with van der Waals surface area (Å²) in [5.41, 5.74) is 0.977. The molecule has 0 bridgehead atoms. The number of hydrogen-bond donors (Lipinski definition) is 0. The zero-order valence-corrected chi connectivity index (χ0v) is 11.7. The maximum Gasteiger partial charge on any atom is 0.433 e. The molecule has 1 rings (SSSR count). The molecule has 0 unspecified atom stereocenters. The van der Waals surface area contributed by atoms with Gasteiger partial charge in [-0.05, 0) is 18.4 Å². The van der Waals surface area contributed by atoms with Crippen molar-refractivity contribution < 1.29 is 9.53 Å². The maximum absolute atomic E-state index is 11.3. The van der Waals surface area contributed by atoms with Crippen molar-refractivity contribution in [3.05, 3.63) is 35.9 Å².